The van der Waals surface area contributed by atoms with Gasteiger partial charge in [-0.25, -0.2) is 14.7 Å². The number of rotatable bonds is 7. The molecule has 0 unspecified atom stereocenters. The topological polar surface area (TPSA) is 108 Å². The van der Waals surface area contributed by atoms with Crippen molar-refractivity contribution in [2.75, 3.05) is 11.6 Å². The Kier molecular flexibility index (Phi) is 8.05. The van der Waals surface area contributed by atoms with Gasteiger partial charge in [0.15, 0.2) is 11.6 Å². The molecule has 0 bridgehead atoms. The van der Waals surface area contributed by atoms with E-state index in [0.29, 0.717) is 5.69 Å². The Morgan fingerprint density at radius 3 is 2.48 bits per heavy atom. The standard InChI is InChI=1S/C20H21FN2O5S/c1-12(3-10-18(25)23-27)19(13-4-9-17(24)16(21)11-13)28-20(26)22-14-5-7-15(29-2)8-6-14/h3-12,19,24,27H,1-2H3,(H,22,26)(H,23,25)/b10-3+/t12-,19-/m1/s1. The number of phenolic OH excluding ortho intramolecular Hbond substituents is 1. The molecule has 0 aliphatic carbocycles. The summed E-state index contributed by atoms with van der Waals surface area (Å²) in [5, 5.41) is 20.6. The maximum atomic E-state index is 13.8. The van der Waals surface area contributed by atoms with Gasteiger partial charge in [0, 0.05) is 22.6 Å². The minimum atomic E-state index is -0.960. The number of phenols is 1. The lowest BCUT2D eigenvalue weighted by atomic mass is 9.96. The highest BCUT2D eigenvalue weighted by atomic mass is 32.2. The second kappa shape index (κ2) is 10.5. The van der Waals surface area contributed by atoms with Crippen LogP contribution in [0, 0.1) is 11.7 Å². The van der Waals surface area contributed by atoms with Crippen molar-refractivity contribution in [1.82, 2.24) is 5.48 Å². The lowest BCUT2D eigenvalue weighted by Crippen LogP contribution is -2.22. The van der Waals surface area contributed by atoms with Crippen LogP contribution >= 0.6 is 11.8 Å². The van der Waals surface area contributed by atoms with Crippen molar-refractivity contribution in [3.63, 3.8) is 0 Å². The summed E-state index contributed by atoms with van der Waals surface area (Å²) in [6.45, 7) is 1.65. The van der Waals surface area contributed by atoms with Crippen LogP contribution in [0.15, 0.2) is 59.5 Å². The fraction of sp³-hybridized carbons (Fsp3) is 0.200. The van der Waals surface area contributed by atoms with Crippen molar-refractivity contribution in [3.8, 4) is 5.75 Å². The number of nitrogens with one attached hydrogen (secondary N) is 2. The molecule has 0 saturated heterocycles. The Hall–Kier alpha value is -3.04. The Morgan fingerprint density at radius 1 is 1.21 bits per heavy atom. The van der Waals surface area contributed by atoms with Crippen LogP contribution in [0.4, 0.5) is 14.9 Å². The molecule has 0 spiro atoms. The first kappa shape index (κ1) is 22.3. The van der Waals surface area contributed by atoms with Crippen LogP contribution in [-0.2, 0) is 9.53 Å². The van der Waals surface area contributed by atoms with Crippen LogP contribution in [0.1, 0.15) is 18.6 Å². The van der Waals surface area contributed by atoms with Gasteiger partial charge in [0.1, 0.15) is 6.10 Å². The average molecular weight is 420 g/mol. The predicted molar refractivity (Wildman–Crippen MR) is 107 cm³/mol. The number of hydrogen-bond donors (Lipinski definition) is 4. The van der Waals surface area contributed by atoms with Crippen LogP contribution in [0.2, 0.25) is 0 Å². The molecule has 0 radical (unpaired) electrons. The summed E-state index contributed by atoms with van der Waals surface area (Å²) in [5.41, 5.74) is 2.26. The SMILES string of the molecule is CSc1ccc(NC(=O)O[C@@H](c2ccc(O)c(F)c2)[C@H](C)/C=C/C(=O)NO)cc1. The lowest BCUT2D eigenvalue weighted by Gasteiger charge is -2.23. The van der Waals surface area contributed by atoms with Crippen molar-refractivity contribution in [1.29, 1.82) is 0 Å². The molecule has 9 heteroatoms. The lowest BCUT2D eigenvalue weighted by molar-refractivity contribution is -0.124. The molecule has 0 fully saturated rings. The molecule has 2 amide bonds. The van der Waals surface area contributed by atoms with Gasteiger partial charge in [-0.3, -0.25) is 15.3 Å². The minimum Gasteiger partial charge on any atom is -0.505 e. The van der Waals surface area contributed by atoms with Crippen LogP contribution in [0.5, 0.6) is 5.75 Å². The number of anilines is 1. The van der Waals surface area contributed by atoms with E-state index in [0.717, 1.165) is 23.1 Å². The minimum absolute atomic E-state index is 0.287. The van der Waals surface area contributed by atoms with Gasteiger partial charge in [0.25, 0.3) is 5.91 Å². The van der Waals surface area contributed by atoms with Crippen LogP contribution in [0.3, 0.4) is 0 Å². The smallest absolute Gasteiger partial charge is 0.412 e. The van der Waals surface area contributed by atoms with Gasteiger partial charge in [-0.1, -0.05) is 19.1 Å². The fourth-order valence-electron chi connectivity index (χ4n) is 2.49. The molecule has 7 nitrogen and oxygen atoms in total. The van der Waals surface area contributed by atoms with E-state index in [4.69, 9.17) is 9.94 Å². The first-order chi connectivity index (χ1) is 13.8. The maximum Gasteiger partial charge on any atom is 0.412 e. The van der Waals surface area contributed by atoms with E-state index in [1.54, 1.807) is 30.8 Å². The van der Waals surface area contributed by atoms with E-state index in [2.05, 4.69) is 5.32 Å². The molecule has 0 aromatic heterocycles. The third-order valence-corrected chi connectivity index (χ3v) is 4.75. The first-order valence-electron chi connectivity index (χ1n) is 8.56. The van der Waals surface area contributed by atoms with Crippen molar-refractivity contribution in [2.45, 2.75) is 17.9 Å². The van der Waals surface area contributed by atoms with Crippen molar-refractivity contribution >= 4 is 29.4 Å². The largest absolute Gasteiger partial charge is 0.505 e. The summed E-state index contributed by atoms with van der Waals surface area (Å²) in [6, 6.07) is 10.7. The van der Waals surface area contributed by atoms with E-state index < -0.39 is 35.6 Å². The molecule has 2 aromatic rings. The van der Waals surface area contributed by atoms with E-state index in [1.165, 1.54) is 17.6 Å². The molecule has 0 saturated carbocycles. The maximum absolute atomic E-state index is 13.8. The van der Waals surface area contributed by atoms with Gasteiger partial charge in [0.2, 0.25) is 0 Å². The fourth-order valence-corrected chi connectivity index (χ4v) is 2.90. The Bertz CT molecular complexity index is 889. The van der Waals surface area contributed by atoms with Gasteiger partial charge >= 0.3 is 6.09 Å². The molecule has 2 aromatic carbocycles. The van der Waals surface area contributed by atoms with E-state index >= 15 is 0 Å². The zero-order valence-corrected chi connectivity index (χ0v) is 16.6. The second-order valence-electron chi connectivity index (χ2n) is 6.08. The predicted octanol–water partition coefficient (Wildman–Crippen LogP) is 4.24. The van der Waals surface area contributed by atoms with Gasteiger partial charge in [0.05, 0.1) is 0 Å². The summed E-state index contributed by atoms with van der Waals surface area (Å²) >= 11 is 1.56. The zero-order valence-electron chi connectivity index (χ0n) is 15.8. The zero-order chi connectivity index (χ0) is 21.4. The molecule has 154 valence electrons. The molecule has 29 heavy (non-hydrogen) atoms. The summed E-state index contributed by atoms with van der Waals surface area (Å²) in [7, 11) is 0. The molecule has 0 heterocycles. The van der Waals surface area contributed by atoms with Crippen molar-refractivity contribution in [2.24, 2.45) is 5.92 Å². The number of benzene rings is 2. The normalized spacial score (nSPS) is 13.0. The number of halogens is 1. The number of carbonyl (C=O) groups excluding carboxylic acids is 2. The number of carbonyl (C=O) groups is 2. The van der Waals surface area contributed by atoms with Gasteiger partial charge < -0.3 is 9.84 Å². The number of ether oxygens (including phenoxy) is 1. The summed E-state index contributed by atoms with van der Waals surface area (Å²) < 4.78 is 19.3. The number of amides is 2. The molecule has 0 aliphatic rings. The monoisotopic (exact) mass is 420 g/mol. The summed E-state index contributed by atoms with van der Waals surface area (Å²) in [5.74, 6) is -2.71. The molecule has 2 atom stereocenters. The molecule has 2 rings (SSSR count). The highest BCUT2D eigenvalue weighted by molar-refractivity contribution is 7.98. The molecular weight excluding hydrogens is 399 g/mol. The second-order valence-corrected chi connectivity index (χ2v) is 6.96. The third-order valence-electron chi connectivity index (χ3n) is 4.01. The van der Waals surface area contributed by atoms with Crippen LogP contribution in [-0.4, -0.2) is 28.6 Å². The average Bonchev–Trinajstić information content (AvgIpc) is 2.72. The number of hydroxylamine groups is 1. The van der Waals surface area contributed by atoms with Crippen molar-refractivity contribution in [3.05, 3.63) is 66.0 Å². The highest BCUT2D eigenvalue weighted by Gasteiger charge is 2.23. The van der Waals surface area contributed by atoms with Gasteiger partial charge in [-0.05, 0) is 48.2 Å². The molecule has 0 aliphatic heterocycles. The Labute approximate surface area is 171 Å². The Balaban J connectivity index is 2.20. The highest BCUT2D eigenvalue weighted by Crippen LogP contribution is 2.30. The van der Waals surface area contributed by atoms with Crippen LogP contribution in [0.25, 0.3) is 0 Å². The first-order valence-corrected chi connectivity index (χ1v) is 9.79. The Morgan fingerprint density at radius 2 is 1.90 bits per heavy atom. The van der Waals surface area contributed by atoms with Crippen LogP contribution < -0.4 is 10.8 Å². The van der Waals surface area contributed by atoms with Gasteiger partial charge in [-0.2, -0.15) is 0 Å². The van der Waals surface area contributed by atoms with Crippen molar-refractivity contribution < 1.29 is 29.0 Å². The number of thioether (sulfide) groups is 1. The summed E-state index contributed by atoms with van der Waals surface area (Å²) in [6.07, 6.45) is 2.67. The molecular formula is C20H21FN2O5S. The van der Waals surface area contributed by atoms with E-state index in [-0.39, 0.29) is 5.56 Å². The summed E-state index contributed by atoms with van der Waals surface area (Å²) in [4.78, 5) is 24.6. The van der Waals surface area contributed by atoms with Gasteiger partial charge in [-0.15, -0.1) is 11.8 Å². The van der Waals surface area contributed by atoms with E-state index in [9.17, 15) is 19.1 Å². The number of aromatic hydroxyl groups is 1. The van der Waals surface area contributed by atoms with E-state index in [1.807, 2.05) is 18.4 Å². The molecule has 4 N–H and O–H groups in total. The third kappa shape index (κ3) is 6.51. The quantitative estimate of drug-likeness (QED) is 0.231. The number of hydrogen-bond acceptors (Lipinski definition) is 6.